The van der Waals surface area contributed by atoms with E-state index >= 15 is 0 Å². The lowest BCUT2D eigenvalue weighted by Gasteiger charge is -2.38. The van der Waals surface area contributed by atoms with Crippen LogP contribution in [0.3, 0.4) is 0 Å². The van der Waals surface area contributed by atoms with Gasteiger partial charge in [-0.2, -0.15) is 0 Å². The van der Waals surface area contributed by atoms with Gasteiger partial charge in [-0.05, 0) is 23.5 Å². The van der Waals surface area contributed by atoms with Crippen LogP contribution in [-0.2, 0) is 27.2 Å². The van der Waals surface area contributed by atoms with E-state index in [2.05, 4.69) is 48.3 Å². The minimum absolute atomic E-state index is 0.0576. The molecule has 2 heterocycles. The molecule has 0 radical (unpaired) electrons. The predicted octanol–water partition coefficient (Wildman–Crippen LogP) is 1.60. The van der Waals surface area contributed by atoms with E-state index < -0.39 is 6.10 Å². The molecule has 2 aliphatic heterocycles. The normalized spacial score (nSPS) is 22.9. The first kappa shape index (κ1) is 17.4. The minimum Gasteiger partial charge on any atom is -0.376 e. The molecule has 0 bridgehead atoms. The molecule has 0 aliphatic carbocycles. The lowest BCUT2D eigenvalue weighted by Crippen LogP contribution is -2.51. The summed E-state index contributed by atoms with van der Waals surface area (Å²) < 4.78 is 10.8. The van der Waals surface area contributed by atoms with E-state index in [0.717, 1.165) is 19.5 Å². The Labute approximate surface area is 144 Å². The number of hydrogen-bond donors (Lipinski definition) is 1. The molecule has 1 N–H and O–H groups in total. The van der Waals surface area contributed by atoms with Crippen LogP contribution in [-0.4, -0.2) is 55.9 Å². The third-order valence-corrected chi connectivity index (χ3v) is 4.99. The Kier molecular flexibility index (Phi) is 5.87. The molecule has 5 heteroatoms. The van der Waals surface area contributed by atoms with Gasteiger partial charge in [0.05, 0.1) is 19.8 Å². The van der Waals surface area contributed by atoms with E-state index in [9.17, 15) is 4.79 Å². The monoisotopic (exact) mass is 332 g/mol. The number of ether oxygens (including phenoxy) is 2. The van der Waals surface area contributed by atoms with Crippen LogP contribution in [0.5, 0.6) is 0 Å². The van der Waals surface area contributed by atoms with Gasteiger partial charge in [-0.3, -0.25) is 9.69 Å². The largest absolute Gasteiger partial charge is 0.376 e. The van der Waals surface area contributed by atoms with Crippen molar-refractivity contribution in [3.63, 3.8) is 0 Å². The van der Waals surface area contributed by atoms with Crippen molar-refractivity contribution in [1.82, 2.24) is 10.2 Å². The molecule has 1 aromatic rings. The number of nitrogens with one attached hydrogen (secondary N) is 1. The van der Waals surface area contributed by atoms with Crippen LogP contribution in [0.4, 0.5) is 0 Å². The van der Waals surface area contributed by atoms with Gasteiger partial charge in [-0.1, -0.05) is 38.1 Å². The summed E-state index contributed by atoms with van der Waals surface area (Å²) in [5, 5.41) is 3.07. The molecule has 2 aliphatic rings. The lowest BCUT2D eigenvalue weighted by atomic mass is 9.95. The molecular formula is C19H28N2O3. The summed E-state index contributed by atoms with van der Waals surface area (Å²) in [6.45, 7) is 8.51. The summed E-state index contributed by atoms with van der Waals surface area (Å²) in [6.07, 6.45) is 0.612. The third kappa shape index (κ3) is 4.15. The lowest BCUT2D eigenvalue weighted by molar-refractivity contribution is -0.147. The van der Waals surface area contributed by atoms with Crippen LogP contribution in [0, 0.1) is 5.92 Å². The fourth-order valence-electron chi connectivity index (χ4n) is 3.55. The zero-order valence-electron chi connectivity index (χ0n) is 14.7. The van der Waals surface area contributed by atoms with Gasteiger partial charge in [0.2, 0.25) is 0 Å². The van der Waals surface area contributed by atoms with Crippen molar-refractivity contribution in [2.75, 3.05) is 32.9 Å². The topological polar surface area (TPSA) is 50.8 Å². The number of amides is 1. The molecule has 2 atom stereocenters. The molecule has 3 rings (SSSR count). The predicted molar refractivity (Wildman–Crippen MR) is 92.8 cm³/mol. The Morgan fingerprint density at radius 1 is 1.29 bits per heavy atom. The summed E-state index contributed by atoms with van der Waals surface area (Å²) in [4.78, 5) is 14.8. The molecule has 1 fully saturated rings. The van der Waals surface area contributed by atoms with E-state index in [1.807, 2.05) is 0 Å². The van der Waals surface area contributed by atoms with Crippen LogP contribution < -0.4 is 5.32 Å². The standard InChI is InChI=1S/C19H28N2O3/c1-14(2)17(11-20-19(22)18-13-23-9-10-24-18)21-8-7-15-5-3-4-6-16(15)12-21/h3-6,14,17-18H,7-13H2,1-2H3,(H,20,22)/t17-,18-/m0/s1. The highest BCUT2D eigenvalue weighted by atomic mass is 16.6. The molecule has 0 spiro atoms. The number of fused-ring (bicyclic) bond motifs is 1. The van der Waals surface area contributed by atoms with Crippen LogP contribution in [0.25, 0.3) is 0 Å². The maximum absolute atomic E-state index is 12.3. The molecule has 132 valence electrons. The summed E-state index contributed by atoms with van der Waals surface area (Å²) in [5.74, 6) is 0.414. The molecule has 1 saturated heterocycles. The second kappa shape index (κ2) is 8.10. The Balaban J connectivity index is 1.58. The first-order valence-electron chi connectivity index (χ1n) is 8.93. The Morgan fingerprint density at radius 2 is 2.08 bits per heavy atom. The maximum atomic E-state index is 12.3. The first-order valence-corrected chi connectivity index (χ1v) is 8.93. The quantitative estimate of drug-likeness (QED) is 0.890. The average Bonchev–Trinajstić information content (AvgIpc) is 2.62. The average molecular weight is 332 g/mol. The second-order valence-corrected chi connectivity index (χ2v) is 6.98. The van der Waals surface area contributed by atoms with Gasteiger partial charge in [0, 0.05) is 25.7 Å². The third-order valence-electron chi connectivity index (χ3n) is 4.99. The number of nitrogens with zero attached hydrogens (tertiary/aromatic N) is 1. The van der Waals surface area contributed by atoms with Crippen molar-refractivity contribution in [2.45, 2.75) is 39.0 Å². The van der Waals surface area contributed by atoms with Crippen molar-refractivity contribution in [3.05, 3.63) is 35.4 Å². The molecule has 1 aromatic carbocycles. The summed E-state index contributed by atoms with van der Waals surface area (Å²) >= 11 is 0. The van der Waals surface area contributed by atoms with Crippen LogP contribution >= 0.6 is 0 Å². The highest BCUT2D eigenvalue weighted by Gasteiger charge is 2.28. The SMILES string of the molecule is CC(C)[C@H](CNC(=O)[C@@H]1COCCO1)N1CCc2ccccc2C1. The summed E-state index contributed by atoms with van der Waals surface area (Å²) in [6, 6.07) is 8.98. The fourth-order valence-corrected chi connectivity index (χ4v) is 3.55. The zero-order valence-corrected chi connectivity index (χ0v) is 14.7. The van der Waals surface area contributed by atoms with Crippen LogP contribution in [0.1, 0.15) is 25.0 Å². The first-order chi connectivity index (χ1) is 11.6. The van der Waals surface area contributed by atoms with Crippen molar-refractivity contribution >= 4 is 5.91 Å². The van der Waals surface area contributed by atoms with Crippen molar-refractivity contribution in [2.24, 2.45) is 5.92 Å². The number of carbonyl (C=O) groups excluding carboxylic acids is 1. The van der Waals surface area contributed by atoms with Crippen LogP contribution in [0.2, 0.25) is 0 Å². The van der Waals surface area contributed by atoms with E-state index in [1.165, 1.54) is 11.1 Å². The molecule has 0 unspecified atom stereocenters. The van der Waals surface area contributed by atoms with E-state index in [1.54, 1.807) is 0 Å². The Morgan fingerprint density at radius 3 is 2.79 bits per heavy atom. The molecular weight excluding hydrogens is 304 g/mol. The highest BCUT2D eigenvalue weighted by Crippen LogP contribution is 2.22. The zero-order chi connectivity index (χ0) is 16.9. The van der Waals surface area contributed by atoms with E-state index in [0.29, 0.717) is 38.3 Å². The number of rotatable bonds is 5. The van der Waals surface area contributed by atoms with Crippen molar-refractivity contribution in [1.29, 1.82) is 0 Å². The Hall–Kier alpha value is -1.43. The van der Waals surface area contributed by atoms with Gasteiger partial charge < -0.3 is 14.8 Å². The van der Waals surface area contributed by atoms with Crippen molar-refractivity contribution < 1.29 is 14.3 Å². The smallest absolute Gasteiger partial charge is 0.251 e. The van der Waals surface area contributed by atoms with Gasteiger partial charge in [0.15, 0.2) is 6.10 Å². The number of benzene rings is 1. The number of hydrogen-bond acceptors (Lipinski definition) is 4. The van der Waals surface area contributed by atoms with Gasteiger partial charge in [0.25, 0.3) is 5.91 Å². The van der Waals surface area contributed by atoms with Gasteiger partial charge in [-0.15, -0.1) is 0 Å². The number of carbonyl (C=O) groups is 1. The molecule has 0 saturated carbocycles. The summed E-state index contributed by atoms with van der Waals surface area (Å²) in [5.41, 5.74) is 2.86. The maximum Gasteiger partial charge on any atom is 0.251 e. The van der Waals surface area contributed by atoms with Crippen molar-refractivity contribution in [3.8, 4) is 0 Å². The molecule has 1 amide bonds. The second-order valence-electron chi connectivity index (χ2n) is 6.98. The fraction of sp³-hybridized carbons (Fsp3) is 0.632. The van der Waals surface area contributed by atoms with E-state index in [-0.39, 0.29) is 5.91 Å². The molecule has 5 nitrogen and oxygen atoms in total. The van der Waals surface area contributed by atoms with E-state index in [4.69, 9.17) is 9.47 Å². The van der Waals surface area contributed by atoms with Gasteiger partial charge in [-0.25, -0.2) is 0 Å². The molecule has 24 heavy (non-hydrogen) atoms. The minimum atomic E-state index is -0.464. The highest BCUT2D eigenvalue weighted by molar-refractivity contribution is 5.81. The summed E-state index contributed by atoms with van der Waals surface area (Å²) in [7, 11) is 0. The van der Waals surface area contributed by atoms with Crippen LogP contribution in [0.15, 0.2) is 24.3 Å². The Bertz CT molecular complexity index is 555. The molecule has 0 aromatic heterocycles. The van der Waals surface area contributed by atoms with Gasteiger partial charge in [0.1, 0.15) is 0 Å². The van der Waals surface area contributed by atoms with Gasteiger partial charge >= 0.3 is 0 Å².